The summed E-state index contributed by atoms with van der Waals surface area (Å²) in [4.78, 5) is 21.3. The van der Waals surface area contributed by atoms with Crippen molar-refractivity contribution in [1.29, 1.82) is 0 Å². The van der Waals surface area contributed by atoms with Gasteiger partial charge < -0.3 is 15.7 Å². The van der Waals surface area contributed by atoms with Crippen LogP contribution in [0.3, 0.4) is 0 Å². The molecule has 84 valence electrons. The minimum Gasteiger partial charge on any atom is -0.481 e. The Balaban J connectivity index is 3.58. The van der Waals surface area contributed by atoms with Gasteiger partial charge in [0, 0.05) is 13.0 Å². The van der Waals surface area contributed by atoms with Crippen LogP contribution in [0.15, 0.2) is 0 Å². The van der Waals surface area contributed by atoms with Crippen molar-refractivity contribution in [2.24, 2.45) is 0 Å². The van der Waals surface area contributed by atoms with E-state index in [2.05, 4.69) is 16.6 Å². The first-order valence-electron chi connectivity index (χ1n) is 4.82. The number of hydrogen-bond acceptors (Lipinski definition) is 2. The van der Waals surface area contributed by atoms with Crippen molar-refractivity contribution in [3.8, 4) is 12.3 Å². The van der Waals surface area contributed by atoms with Crippen LogP contribution in [0, 0.1) is 12.3 Å². The van der Waals surface area contributed by atoms with Gasteiger partial charge >= 0.3 is 12.0 Å². The summed E-state index contributed by atoms with van der Waals surface area (Å²) in [5.41, 5.74) is 0. The third-order valence-corrected chi connectivity index (χ3v) is 1.77. The predicted octanol–water partition coefficient (Wildman–Crippen LogP) is 0.562. The lowest BCUT2D eigenvalue weighted by atomic mass is 10.2. The molecule has 2 amide bonds. The molecule has 0 spiro atoms. The molecule has 0 aromatic heterocycles. The molecule has 0 saturated carbocycles. The summed E-state index contributed by atoms with van der Waals surface area (Å²) in [7, 11) is 0. The van der Waals surface area contributed by atoms with Crippen molar-refractivity contribution in [2.75, 3.05) is 6.54 Å². The predicted molar refractivity (Wildman–Crippen MR) is 56.3 cm³/mol. The molecule has 0 aromatic carbocycles. The maximum absolute atomic E-state index is 11.2. The number of carboxylic acid groups (broad SMARTS) is 1. The van der Waals surface area contributed by atoms with Crippen LogP contribution in [-0.2, 0) is 4.79 Å². The number of carboxylic acids is 1. The monoisotopic (exact) mass is 212 g/mol. The second-order valence-corrected chi connectivity index (χ2v) is 3.03. The maximum Gasteiger partial charge on any atom is 0.315 e. The molecule has 0 aromatic rings. The molecule has 0 aliphatic heterocycles. The van der Waals surface area contributed by atoms with Crippen LogP contribution < -0.4 is 10.6 Å². The Morgan fingerprint density at radius 3 is 2.67 bits per heavy atom. The molecule has 0 aliphatic rings. The number of hydrogen-bond donors (Lipinski definition) is 3. The molecule has 0 fully saturated rings. The molecule has 0 aliphatic carbocycles. The summed E-state index contributed by atoms with van der Waals surface area (Å²) < 4.78 is 0. The molecule has 15 heavy (non-hydrogen) atoms. The van der Waals surface area contributed by atoms with Crippen LogP contribution in [-0.4, -0.2) is 29.7 Å². The highest BCUT2D eigenvalue weighted by Gasteiger charge is 2.06. The van der Waals surface area contributed by atoms with Crippen molar-refractivity contribution in [3.05, 3.63) is 0 Å². The minimum absolute atomic E-state index is 0.0482. The Kier molecular flexibility index (Phi) is 6.81. The average molecular weight is 212 g/mol. The fraction of sp³-hybridized carbons (Fsp3) is 0.600. The second kappa shape index (κ2) is 7.68. The third-order valence-electron chi connectivity index (χ3n) is 1.77. The molecule has 3 N–H and O–H groups in total. The van der Waals surface area contributed by atoms with E-state index in [-0.39, 0.29) is 18.5 Å². The Hall–Kier alpha value is -1.70. The van der Waals surface area contributed by atoms with E-state index in [9.17, 15) is 9.59 Å². The summed E-state index contributed by atoms with van der Waals surface area (Å²) in [6.45, 7) is 2.20. The highest BCUT2D eigenvalue weighted by molar-refractivity contribution is 5.74. The minimum atomic E-state index is -0.868. The Morgan fingerprint density at radius 2 is 2.20 bits per heavy atom. The zero-order chi connectivity index (χ0) is 11.7. The number of terminal acetylenes is 1. The van der Waals surface area contributed by atoms with Gasteiger partial charge in [-0.3, -0.25) is 4.79 Å². The smallest absolute Gasteiger partial charge is 0.315 e. The van der Waals surface area contributed by atoms with Crippen molar-refractivity contribution >= 4 is 12.0 Å². The van der Waals surface area contributed by atoms with Gasteiger partial charge in [-0.2, -0.15) is 0 Å². The Bertz CT molecular complexity index is 258. The van der Waals surface area contributed by atoms with E-state index >= 15 is 0 Å². The van der Waals surface area contributed by atoms with Crippen LogP contribution >= 0.6 is 0 Å². The zero-order valence-electron chi connectivity index (χ0n) is 8.75. The standard InChI is InChI=1S/C10H16N2O3/c1-3-8(4-2)12-10(15)11-7-5-6-9(13)14/h1,8H,4-7H2,2H3,(H,13,14)(H2,11,12,15). The summed E-state index contributed by atoms with van der Waals surface area (Å²) in [6, 6.07) is -0.630. The normalized spacial score (nSPS) is 11.2. The molecule has 5 nitrogen and oxygen atoms in total. The SMILES string of the molecule is C#CC(CC)NC(=O)NCCCC(=O)O. The van der Waals surface area contributed by atoms with E-state index in [4.69, 9.17) is 11.5 Å². The van der Waals surface area contributed by atoms with Gasteiger partial charge in [0.1, 0.15) is 0 Å². The summed E-state index contributed by atoms with van der Waals surface area (Å²) in [5, 5.41) is 13.4. The topological polar surface area (TPSA) is 78.4 Å². The summed E-state index contributed by atoms with van der Waals surface area (Å²) in [6.07, 6.45) is 6.28. The first-order valence-corrected chi connectivity index (χ1v) is 4.82. The van der Waals surface area contributed by atoms with Crippen LogP contribution in [0.25, 0.3) is 0 Å². The second-order valence-electron chi connectivity index (χ2n) is 3.03. The molecule has 1 atom stereocenters. The molecule has 0 heterocycles. The van der Waals surface area contributed by atoms with Gasteiger partial charge in [0.25, 0.3) is 0 Å². The van der Waals surface area contributed by atoms with Crippen molar-refractivity contribution in [1.82, 2.24) is 10.6 Å². The molecule has 0 saturated heterocycles. The lowest BCUT2D eigenvalue weighted by Gasteiger charge is -2.11. The van der Waals surface area contributed by atoms with E-state index < -0.39 is 5.97 Å². The van der Waals surface area contributed by atoms with Gasteiger partial charge in [-0.05, 0) is 12.8 Å². The third kappa shape index (κ3) is 7.38. The molecule has 1 unspecified atom stereocenters. The first kappa shape index (κ1) is 13.3. The van der Waals surface area contributed by atoms with E-state index in [1.54, 1.807) is 0 Å². The van der Waals surface area contributed by atoms with E-state index in [0.717, 1.165) is 0 Å². The largest absolute Gasteiger partial charge is 0.481 e. The highest BCUT2D eigenvalue weighted by Crippen LogP contribution is 1.88. The molecular weight excluding hydrogens is 196 g/mol. The molecule has 5 heteroatoms. The lowest BCUT2D eigenvalue weighted by Crippen LogP contribution is -2.41. The number of carbonyl (C=O) groups is 2. The van der Waals surface area contributed by atoms with Gasteiger partial charge in [-0.15, -0.1) is 6.42 Å². The maximum atomic E-state index is 11.2. The highest BCUT2D eigenvalue weighted by atomic mass is 16.4. The fourth-order valence-corrected chi connectivity index (χ4v) is 0.912. The number of urea groups is 1. The van der Waals surface area contributed by atoms with Gasteiger partial charge in [0.2, 0.25) is 0 Å². The number of nitrogens with one attached hydrogen (secondary N) is 2. The van der Waals surface area contributed by atoms with Crippen molar-refractivity contribution < 1.29 is 14.7 Å². The van der Waals surface area contributed by atoms with E-state index in [0.29, 0.717) is 19.4 Å². The van der Waals surface area contributed by atoms with Crippen LogP contribution in [0.5, 0.6) is 0 Å². The molecule has 0 bridgehead atoms. The molecule has 0 rings (SSSR count). The number of aliphatic carboxylic acids is 1. The van der Waals surface area contributed by atoms with Crippen LogP contribution in [0.4, 0.5) is 4.79 Å². The zero-order valence-corrected chi connectivity index (χ0v) is 8.75. The number of rotatable bonds is 6. The lowest BCUT2D eigenvalue weighted by molar-refractivity contribution is -0.137. The summed E-state index contributed by atoms with van der Waals surface area (Å²) >= 11 is 0. The fourth-order valence-electron chi connectivity index (χ4n) is 0.912. The average Bonchev–Trinajstić information content (AvgIpc) is 2.20. The Morgan fingerprint density at radius 1 is 1.53 bits per heavy atom. The van der Waals surface area contributed by atoms with E-state index in [1.165, 1.54) is 0 Å². The molecule has 0 radical (unpaired) electrons. The van der Waals surface area contributed by atoms with Crippen LogP contribution in [0.1, 0.15) is 26.2 Å². The molecular formula is C10H16N2O3. The van der Waals surface area contributed by atoms with Gasteiger partial charge in [0.05, 0.1) is 6.04 Å². The quantitative estimate of drug-likeness (QED) is 0.444. The number of amides is 2. The van der Waals surface area contributed by atoms with Crippen molar-refractivity contribution in [3.63, 3.8) is 0 Å². The summed E-state index contributed by atoms with van der Waals surface area (Å²) in [5.74, 6) is 1.56. The van der Waals surface area contributed by atoms with Gasteiger partial charge in [0.15, 0.2) is 0 Å². The first-order chi connectivity index (χ1) is 7.10. The van der Waals surface area contributed by atoms with Crippen LogP contribution in [0.2, 0.25) is 0 Å². The Labute approximate surface area is 89.2 Å². The number of carbonyl (C=O) groups excluding carboxylic acids is 1. The van der Waals surface area contributed by atoms with Gasteiger partial charge in [-0.25, -0.2) is 4.79 Å². The van der Waals surface area contributed by atoms with Gasteiger partial charge in [-0.1, -0.05) is 12.8 Å². The van der Waals surface area contributed by atoms with E-state index in [1.807, 2.05) is 6.92 Å². The van der Waals surface area contributed by atoms with Crippen molar-refractivity contribution in [2.45, 2.75) is 32.2 Å².